The Bertz CT molecular complexity index is 860. The number of carbonyl (C=O) groups is 2. The molecule has 2 aromatic rings. The monoisotopic (exact) mass is 394 g/mol. The third-order valence-corrected chi connectivity index (χ3v) is 5.54. The van der Waals surface area contributed by atoms with E-state index < -0.39 is 5.97 Å². The Balaban J connectivity index is 1.17. The molecule has 0 radical (unpaired) electrons. The number of nitrogens with zero attached hydrogens (tertiary/aromatic N) is 2. The maximum atomic E-state index is 12.3. The number of piperazine rings is 1. The number of benzene rings is 2. The lowest BCUT2D eigenvalue weighted by Crippen LogP contribution is -2.50. The van der Waals surface area contributed by atoms with Crippen molar-refractivity contribution in [2.75, 3.05) is 44.3 Å². The van der Waals surface area contributed by atoms with Gasteiger partial charge in [0.15, 0.2) is 13.2 Å². The summed E-state index contributed by atoms with van der Waals surface area (Å²) >= 11 is 0. The molecule has 6 nitrogen and oxygen atoms in total. The number of aryl methyl sites for hydroxylation is 2. The van der Waals surface area contributed by atoms with Gasteiger partial charge < -0.3 is 19.3 Å². The summed E-state index contributed by atoms with van der Waals surface area (Å²) in [6.45, 7) is 2.36. The summed E-state index contributed by atoms with van der Waals surface area (Å²) in [5.41, 5.74) is 3.81. The number of hydrogen-bond acceptors (Lipinski definition) is 5. The Morgan fingerprint density at radius 1 is 0.862 bits per heavy atom. The number of esters is 1. The average Bonchev–Trinajstić information content (AvgIpc) is 3.24. The van der Waals surface area contributed by atoms with Crippen molar-refractivity contribution >= 4 is 17.6 Å². The number of carbonyl (C=O) groups excluding carboxylic acids is 2. The van der Waals surface area contributed by atoms with E-state index in [0.29, 0.717) is 18.8 Å². The summed E-state index contributed by atoms with van der Waals surface area (Å²) in [5.74, 6) is -0.0173. The highest BCUT2D eigenvalue weighted by Crippen LogP contribution is 2.26. The van der Waals surface area contributed by atoms with Crippen molar-refractivity contribution in [3.8, 4) is 5.75 Å². The van der Waals surface area contributed by atoms with E-state index in [1.165, 1.54) is 17.5 Å². The van der Waals surface area contributed by atoms with Gasteiger partial charge in [0, 0.05) is 31.9 Å². The zero-order valence-electron chi connectivity index (χ0n) is 16.5. The molecule has 0 aromatic heterocycles. The molecule has 0 atom stereocenters. The van der Waals surface area contributed by atoms with E-state index in [4.69, 9.17) is 9.47 Å². The fraction of sp³-hybridized carbons (Fsp3) is 0.391. The van der Waals surface area contributed by atoms with Gasteiger partial charge in [0.05, 0.1) is 0 Å². The number of amides is 1. The third kappa shape index (κ3) is 4.88. The highest BCUT2D eigenvalue weighted by atomic mass is 16.6. The Morgan fingerprint density at radius 2 is 1.62 bits per heavy atom. The van der Waals surface area contributed by atoms with Crippen LogP contribution in [-0.2, 0) is 27.2 Å². The number of anilines is 1. The second kappa shape index (κ2) is 8.99. The zero-order chi connectivity index (χ0) is 20.1. The van der Waals surface area contributed by atoms with Gasteiger partial charge in [0.25, 0.3) is 5.91 Å². The van der Waals surface area contributed by atoms with E-state index in [9.17, 15) is 9.59 Å². The highest BCUT2D eigenvalue weighted by molar-refractivity contribution is 5.81. The fourth-order valence-corrected chi connectivity index (χ4v) is 3.91. The molecule has 1 fully saturated rings. The molecule has 152 valence electrons. The van der Waals surface area contributed by atoms with Gasteiger partial charge in [-0.2, -0.15) is 0 Å². The van der Waals surface area contributed by atoms with Gasteiger partial charge in [0.1, 0.15) is 5.75 Å². The largest absolute Gasteiger partial charge is 0.482 e. The number of para-hydroxylation sites is 1. The molecule has 1 aliphatic carbocycles. The van der Waals surface area contributed by atoms with Crippen LogP contribution in [0.3, 0.4) is 0 Å². The standard InChI is InChI=1S/C23H26N2O4/c26-22(25-13-11-24(12-14-25)20-7-2-1-3-8-20)16-29-23(27)17-28-21-10-9-18-5-4-6-19(18)15-21/h1-3,7-10,15H,4-6,11-14,16-17H2. The van der Waals surface area contributed by atoms with Crippen molar-refractivity contribution in [2.45, 2.75) is 19.3 Å². The third-order valence-electron chi connectivity index (χ3n) is 5.54. The lowest BCUT2D eigenvalue weighted by Gasteiger charge is -2.36. The Kier molecular flexibility index (Phi) is 5.98. The van der Waals surface area contributed by atoms with Gasteiger partial charge in [-0.05, 0) is 54.7 Å². The minimum Gasteiger partial charge on any atom is -0.482 e. The van der Waals surface area contributed by atoms with Crippen molar-refractivity contribution in [3.05, 3.63) is 59.7 Å². The van der Waals surface area contributed by atoms with Gasteiger partial charge in [-0.25, -0.2) is 4.79 Å². The van der Waals surface area contributed by atoms with Gasteiger partial charge in [-0.3, -0.25) is 4.79 Å². The first-order chi connectivity index (χ1) is 14.2. The first-order valence-electron chi connectivity index (χ1n) is 10.2. The summed E-state index contributed by atoms with van der Waals surface area (Å²) in [5, 5.41) is 0. The van der Waals surface area contributed by atoms with E-state index in [2.05, 4.69) is 23.1 Å². The zero-order valence-corrected chi connectivity index (χ0v) is 16.5. The molecule has 6 heteroatoms. The first-order valence-corrected chi connectivity index (χ1v) is 10.2. The predicted molar refractivity (Wildman–Crippen MR) is 110 cm³/mol. The lowest BCUT2D eigenvalue weighted by molar-refractivity contribution is -0.153. The second-order valence-corrected chi connectivity index (χ2v) is 7.44. The predicted octanol–water partition coefficient (Wildman–Crippen LogP) is 2.45. The Hall–Kier alpha value is -3.02. The van der Waals surface area contributed by atoms with E-state index in [1.54, 1.807) is 4.90 Å². The fourth-order valence-electron chi connectivity index (χ4n) is 3.91. The van der Waals surface area contributed by atoms with Crippen molar-refractivity contribution in [1.82, 2.24) is 4.90 Å². The van der Waals surface area contributed by atoms with Crippen LogP contribution in [0.25, 0.3) is 0 Å². The lowest BCUT2D eigenvalue weighted by atomic mass is 10.1. The summed E-state index contributed by atoms with van der Waals surface area (Å²) in [6, 6.07) is 16.1. The van der Waals surface area contributed by atoms with Gasteiger partial charge >= 0.3 is 5.97 Å². The number of hydrogen-bond donors (Lipinski definition) is 0. The van der Waals surface area contributed by atoms with Crippen LogP contribution in [0.1, 0.15) is 17.5 Å². The molecule has 0 N–H and O–H groups in total. The molecule has 2 aliphatic rings. The van der Waals surface area contributed by atoms with E-state index in [1.807, 2.05) is 30.3 Å². The smallest absolute Gasteiger partial charge is 0.344 e. The Morgan fingerprint density at radius 3 is 2.41 bits per heavy atom. The van der Waals surface area contributed by atoms with E-state index in [-0.39, 0.29) is 19.1 Å². The SMILES string of the molecule is O=C(COc1ccc2c(c1)CCC2)OCC(=O)N1CCN(c2ccccc2)CC1. The van der Waals surface area contributed by atoms with Gasteiger partial charge in [-0.15, -0.1) is 0 Å². The van der Waals surface area contributed by atoms with Crippen LogP contribution >= 0.6 is 0 Å². The maximum absolute atomic E-state index is 12.3. The van der Waals surface area contributed by atoms with Crippen LogP contribution in [0, 0.1) is 0 Å². The molecular weight excluding hydrogens is 368 g/mol. The minimum absolute atomic E-state index is 0.163. The second-order valence-electron chi connectivity index (χ2n) is 7.44. The number of fused-ring (bicyclic) bond motifs is 1. The average molecular weight is 394 g/mol. The number of rotatable bonds is 6. The van der Waals surface area contributed by atoms with Crippen LogP contribution in [0.5, 0.6) is 5.75 Å². The van der Waals surface area contributed by atoms with Crippen molar-refractivity contribution in [2.24, 2.45) is 0 Å². The minimum atomic E-state index is -0.526. The quantitative estimate of drug-likeness (QED) is 0.705. The molecule has 1 amide bonds. The summed E-state index contributed by atoms with van der Waals surface area (Å²) in [4.78, 5) is 28.3. The van der Waals surface area contributed by atoms with Crippen LogP contribution in [0.15, 0.2) is 48.5 Å². The van der Waals surface area contributed by atoms with Crippen LogP contribution in [0.4, 0.5) is 5.69 Å². The molecule has 4 rings (SSSR count). The summed E-state index contributed by atoms with van der Waals surface area (Å²) < 4.78 is 10.6. The van der Waals surface area contributed by atoms with E-state index in [0.717, 1.165) is 31.6 Å². The maximum Gasteiger partial charge on any atom is 0.344 e. The van der Waals surface area contributed by atoms with Crippen LogP contribution < -0.4 is 9.64 Å². The van der Waals surface area contributed by atoms with Gasteiger partial charge in [-0.1, -0.05) is 24.3 Å². The van der Waals surface area contributed by atoms with Crippen LogP contribution in [0.2, 0.25) is 0 Å². The summed E-state index contributed by atoms with van der Waals surface area (Å²) in [7, 11) is 0. The molecule has 0 unspecified atom stereocenters. The van der Waals surface area contributed by atoms with Crippen molar-refractivity contribution in [3.63, 3.8) is 0 Å². The molecule has 29 heavy (non-hydrogen) atoms. The summed E-state index contributed by atoms with van der Waals surface area (Å²) in [6.07, 6.45) is 3.34. The normalized spacial score (nSPS) is 15.7. The van der Waals surface area contributed by atoms with Crippen molar-refractivity contribution in [1.29, 1.82) is 0 Å². The topological polar surface area (TPSA) is 59.1 Å². The molecule has 1 saturated heterocycles. The molecule has 2 aromatic carbocycles. The molecular formula is C23H26N2O4. The molecule has 0 spiro atoms. The van der Waals surface area contributed by atoms with E-state index >= 15 is 0 Å². The Labute approximate surface area is 171 Å². The highest BCUT2D eigenvalue weighted by Gasteiger charge is 2.22. The van der Waals surface area contributed by atoms with Gasteiger partial charge in [0.2, 0.25) is 0 Å². The number of ether oxygens (including phenoxy) is 2. The first kappa shape index (κ1) is 19.3. The molecule has 0 saturated carbocycles. The van der Waals surface area contributed by atoms with Crippen molar-refractivity contribution < 1.29 is 19.1 Å². The molecule has 1 heterocycles. The van der Waals surface area contributed by atoms with Crippen LogP contribution in [-0.4, -0.2) is 56.2 Å². The molecule has 0 bridgehead atoms. The molecule has 1 aliphatic heterocycles.